The Balaban J connectivity index is 2.53. The van der Waals surface area contributed by atoms with Gasteiger partial charge in [-0.05, 0) is 24.8 Å². The van der Waals surface area contributed by atoms with E-state index in [9.17, 15) is 4.79 Å². The molecule has 5 heteroatoms. The lowest BCUT2D eigenvalue weighted by Gasteiger charge is -1.98. The molecule has 5 nitrogen and oxygen atoms in total. The van der Waals surface area contributed by atoms with Gasteiger partial charge in [-0.3, -0.25) is 4.79 Å². The summed E-state index contributed by atoms with van der Waals surface area (Å²) in [5.74, 6) is 0. The molecule has 0 aliphatic rings. The molecule has 0 unspecified atom stereocenters. The first-order valence-corrected chi connectivity index (χ1v) is 6.12. The van der Waals surface area contributed by atoms with Crippen LogP contribution in [0.2, 0.25) is 0 Å². The average molecular weight is 255 g/mol. The van der Waals surface area contributed by atoms with Gasteiger partial charge in [-0.15, -0.1) is 5.10 Å². The van der Waals surface area contributed by atoms with Gasteiger partial charge in [0.15, 0.2) is 0 Å². The predicted octanol–water partition coefficient (Wildman–Crippen LogP) is 1.95. The smallest absolute Gasteiger partial charge is 0.321 e. The van der Waals surface area contributed by atoms with Crippen LogP contribution in [-0.2, 0) is 0 Å². The lowest BCUT2D eigenvalue weighted by Crippen LogP contribution is -2.02. The molecule has 0 saturated heterocycles. The van der Waals surface area contributed by atoms with Gasteiger partial charge in [0.2, 0.25) is 11.1 Å². The van der Waals surface area contributed by atoms with Crippen LogP contribution in [0.25, 0.3) is 16.4 Å². The normalized spacial score (nSPS) is 11.1. The molecule has 0 fully saturated rings. The Morgan fingerprint density at radius 3 is 2.68 bits per heavy atom. The zero-order chi connectivity index (χ0) is 13.4. The second-order valence-electron chi connectivity index (χ2n) is 4.30. The fourth-order valence-corrected chi connectivity index (χ4v) is 2.18. The first-order chi connectivity index (χ1) is 9.22. The Morgan fingerprint density at radius 2 is 1.95 bits per heavy atom. The number of ether oxygens (including phenoxy) is 1. The van der Waals surface area contributed by atoms with E-state index in [4.69, 9.17) is 4.74 Å². The molecule has 0 amide bonds. The minimum absolute atomic E-state index is 0.137. The third-order valence-corrected chi connectivity index (χ3v) is 3.06. The number of nitrogens with zero attached hydrogens (tertiary/aromatic N) is 3. The Labute approximate surface area is 109 Å². The number of benzene rings is 1. The minimum Gasteiger partial charge on any atom is -0.464 e. The Bertz CT molecular complexity index is 824. The molecule has 0 bridgehead atoms. The Kier molecular flexibility index (Phi) is 2.67. The second-order valence-corrected chi connectivity index (χ2v) is 4.30. The molecule has 0 aliphatic carbocycles. The van der Waals surface area contributed by atoms with Gasteiger partial charge in [0.1, 0.15) is 0 Å². The van der Waals surface area contributed by atoms with Crippen molar-refractivity contribution >= 4 is 16.4 Å². The van der Waals surface area contributed by atoms with Crippen molar-refractivity contribution in [2.24, 2.45) is 0 Å². The highest BCUT2D eigenvalue weighted by molar-refractivity contribution is 5.86. The lowest BCUT2D eigenvalue weighted by atomic mass is 10.1. The van der Waals surface area contributed by atoms with Crippen molar-refractivity contribution in [3.05, 3.63) is 46.2 Å². The van der Waals surface area contributed by atoms with E-state index in [0.717, 1.165) is 10.9 Å². The van der Waals surface area contributed by atoms with Gasteiger partial charge in [0.05, 0.1) is 6.61 Å². The zero-order valence-corrected chi connectivity index (χ0v) is 10.8. The molecule has 2 heterocycles. The van der Waals surface area contributed by atoms with Crippen LogP contribution < -0.4 is 10.2 Å². The van der Waals surface area contributed by atoms with Crippen LogP contribution in [0, 0.1) is 6.92 Å². The molecule has 19 heavy (non-hydrogen) atoms. The number of hydrogen-bond acceptors (Lipinski definition) is 4. The van der Waals surface area contributed by atoms with Crippen molar-refractivity contribution in [1.82, 2.24) is 14.6 Å². The average Bonchev–Trinajstić information content (AvgIpc) is 2.77. The number of aromatic nitrogens is 3. The van der Waals surface area contributed by atoms with Crippen LogP contribution in [0.5, 0.6) is 6.01 Å². The summed E-state index contributed by atoms with van der Waals surface area (Å²) in [7, 11) is 0. The van der Waals surface area contributed by atoms with E-state index in [0.29, 0.717) is 18.0 Å². The molecule has 3 rings (SSSR count). The van der Waals surface area contributed by atoms with Gasteiger partial charge in [0.25, 0.3) is 0 Å². The summed E-state index contributed by atoms with van der Waals surface area (Å²) >= 11 is 0. The summed E-state index contributed by atoms with van der Waals surface area (Å²) in [5.41, 5.74) is 1.12. The van der Waals surface area contributed by atoms with Crippen LogP contribution in [0.3, 0.4) is 0 Å². The molecule has 96 valence electrons. The fraction of sp³-hybridized carbons (Fsp3) is 0.214. The second kappa shape index (κ2) is 4.35. The lowest BCUT2D eigenvalue weighted by molar-refractivity contribution is 0.309. The summed E-state index contributed by atoms with van der Waals surface area (Å²) < 4.78 is 7.00. The topological polar surface area (TPSA) is 56.5 Å². The molecule has 0 saturated carbocycles. The third-order valence-electron chi connectivity index (χ3n) is 3.06. The van der Waals surface area contributed by atoms with Crippen LogP contribution >= 0.6 is 0 Å². The summed E-state index contributed by atoms with van der Waals surface area (Å²) in [6.45, 7) is 4.30. The quantitative estimate of drug-likeness (QED) is 0.702. The van der Waals surface area contributed by atoms with Crippen molar-refractivity contribution < 1.29 is 4.74 Å². The van der Waals surface area contributed by atoms with Crippen LogP contribution in [-0.4, -0.2) is 21.2 Å². The summed E-state index contributed by atoms with van der Waals surface area (Å²) in [4.78, 5) is 12.5. The third kappa shape index (κ3) is 1.74. The van der Waals surface area contributed by atoms with Crippen molar-refractivity contribution in [2.45, 2.75) is 13.8 Å². The standard InChI is InChI=1S/C14H13N3O2/c1-3-19-14-16-15-13-12(18)11-7-5-4-6-10(11)9(2)8-17(13)14/h4-8H,3H2,1-2H3. The molecule has 0 spiro atoms. The summed E-state index contributed by atoms with van der Waals surface area (Å²) in [5, 5.41) is 9.42. The predicted molar refractivity (Wildman–Crippen MR) is 72.7 cm³/mol. The molecule has 0 aliphatic heterocycles. The van der Waals surface area contributed by atoms with Gasteiger partial charge < -0.3 is 4.74 Å². The number of fused-ring (bicyclic) bond motifs is 2. The molecule has 0 atom stereocenters. The van der Waals surface area contributed by atoms with Crippen LogP contribution in [0.1, 0.15) is 12.5 Å². The molecule has 1 aromatic carbocycles. The monoisotopic (exact) mass is 255 g/mol. The molecule has 3 aromatic rings. The number of aryl methyl sites for hydroxylation is 1. The maximum absolute atomic E-state index is 12.5. The van der Waals surface area contributed by atoms with E-state index in [-0.39, 0.29) is 11.1 Å². The highest BCUT2D eigenvalue weighted by Crippen LogP contribution is 2.16. The number of rotatable bonds is 2. The van der Waals surface area contributed by atoms with E-state index in [1.165, 1.54) is 0 Å². The van der Waals surface area contributed by atoms with Gasteiger partial charge in [-0.1, -0.05) is 29.4 Å². The van der Waals surface area contributed by atoms with Gasteiger partial charge in [-0.25, -0.2) is 4.40 Å². The molecule has 0 radical (unpaired) electrons. The van der Waals surface area contributed by atoms with E-state index < -0.39 is 0 Å². The van der Waals surface area contributed by atoms with Crippen LogP contribution in [0.15, 0.2) is 35.3 Å². The van der Waals surface area contributed by atoms with Gasteiger partial charge in [-0.2, -0.15) is 0 Å². The first kappa shape index (κ1) is 11.6. The Morgan fingerprint density at radius 1 is 1.21 bits per heavy atom. The van der Waals surface area contributed by atoms with Crippen molar-refractivity contribution in [3.8, 4) is 6.01 Å². The van der Waals surface area contributed by atoms with E-state index in [2.05, 4.69) is 10.2 Å². The van der Waals surface area contributed by atoms with Crippen LogP contribution in [0.4, 0.5) is 0 Å². The fourth-order valence-electron chi connectivity index (χ4n) is 2.18. The maximum Gasteiger partial charge on any atom is 0.321 e. The zero-order valence-electron chi connectivity index (χ0n) is 10.8. The molecule has 2 aromatic heterocycles. The SMILES string of the molecule is CCOc1nnc2c(=O)c3ccccc3c(C)cn12. The molecular weight excluding hydrogens is 242 g/mol. The minimum atomic E-state index is -0.137. The highest BCUT2D eigenvalue weighted by Gasteiger charge is 2.11. The van der Waals surface area contributed by atoms with Crippen molar-refractivity contribution in [2.75, 3.05) is 6.61 Å². The largest absolute Gasteiger partial charge is 0.464 e. The molecule has 0 N–H and O–H groups in total. The highest BCUT2D eigenvalue weighted by atomic mass is 16.5. The number of hydrogen-bond donors (Lipinski definition) is 0. The van der Waals surface area contributed by atoms with Gasteiger partial charge >= 0.3 is 6.01 Å². The first-order valence-electron chi connectivity index (χ1n) is 6.12. The van der Waals surface area contributed by atoms with Crippen molar-refractivity contribution in [1.29, 1.82) is 0 Å². The van der Waals surface area contributed by atoms with Crippen molar-refractivity contribution in [3.63, 3.8) is 0 Å². The van der Waals surface area contributed by atoms with E-state index in [1.54, 1.807) is 10.5 Å². The van der Waals surface area contributed by atoms with Gasteiger partial charge in [0, 0.05) is 11.6 Å². The molecular formula is C14H13N3O2. The Hall–Kier alpha value is -2.43. The van der Waals surface area contributed by atoms with E-state index in [1.807, 2.05) is 38.2 Å². The maximum atomic E-state index is 12.5. The summed E-state index contributed by atoms with van der Waals surface area (Å²) in [6.07, 6.45) is 1.84. The van der Waals surface area contributed by atoms with E-state index >= 15 is 0 Å². The summed E-state index contributed by atoms with van der Waals surface area (Å²) in [6, 6.07) is 7.84.